The molecule has 2 aromatic rings. The summed E-state index contributed by atoms with van der Waals surface area (Å²) >= 11 is 0. The summed E-state index contributed by atoms with van der Waals surface area (Å²) < 4.78 is 27.5. The number of rotatable bonds is 2. The zero-order chi connectivity index (χ0) is 15.3. The van der Waals surface area contributed by atoms with Gasteiger partial charge in [-0.1, -0.05) is 18.2 Å². The van der Waals surface area contributed by atoms with E-state index in [9.17, 15) is 8.42 Å². The Labute approximate surface area is 130 Å². The Morgan fingerprint density at radius 2 is 1.77 bits per heavy atom. The van der Waals surface area contributed by atoms with Gasteiger partial charge in [0.05, 0.1) is 16.3 Å². The molecule has 0 saturated carbocycles. The summed E-state index contributed by atoms with van der Waals surface area (Å²) in [6.07, 6.45) is 3.84. The van der Waals surface area contributed by atoms with Crippen molar-refractivity contribution in [1.82, 2.24) is 0 Å². The molecule has 0 atom stereocenters. The third-order valence-corrected chi connectivity index (χ3v) is 6.44. The molecular formula is C17H18N2O2S. The highest BCUT2D eigenvalue weighted by Crippen LogP contribution is 2.38. The summed E-state index contributed by atoms with van der Waals surface area (Å²) in [6, 6.07) is 11.1. The Balaban J connectivity index is 1.80. The van der Waals surface area contributed by atoms with Crippen molar-refractivity contribution in [2.75, 3.05) is 16.6 Å². The normalized spacial score (nSPS) is 16.6. The van der Waals surface area contributed by atoms with Gasteiger partial charge in [0.25, 0.3) is 10.0 Å². The van der Waals surface area contributed by atoms with E-state index < -0.39 is 10.0 Å². The molecule has 0 spiro atoms. The van der Waals surface area contributed by atoms with E-state index in [1.54, 1.807) is 12.1 Å². The molecule has 2 aromatic carbocycles. The van der Waals surface area contributed by atoms with Crippen LogP contribution in [0.3, 0.4) is 0 Å². The van der Waals surface area contributed by atoms with Crippen molar-refractivity contribution in [3.8, 4) is 0 Å². The average molecular weight is 314 g/mol. The molecule has 0 radical (unpaired) electrons. The highest BCUT2D eigenvalue weighted by atomic mass is 32.2. The lowest BCUT2D eigenvalue weighted by Crippen LogP contribution is -2.29. The first-order valence-electron chi connectivity index (χ1n) is 7.59. The zero-order valence-corrected chi connectivity index (χ0v) is 13.1. The van der Waals surface area contributed by atoms with Crippen LogP contribution in [0.5, 0.6) is 0 Å². The maximum atomic E-state index is 13.0. The standard InChI is InChI=1S/C17H18N2O2S/c18-16-6-2-4-13-9-10-19(17(13)16)22(20,21)15-8-7-12-3-1-5-14(12)11-15/h2,4,6-8,11H,1,3,5,9-10,18H2. The van der Waals surface area contributed by atoms with Crippen molar-refractivity contribution >= 4 is 21.4 Å². The first kappa shape index (κ1) is 13.6. The number of fused-ring (bicyclic) bond motifs is 2. The van der Waals surface area contributed by atoms with E-state index in [-0.39, 0.29) is 0 Å². The fraction of sp³-hybridized carbons (Fsp3) is 0.294. The monoisotopic (exact) mass is 314 g/mol. The molecule has 5 heteroatoms. The molecule has 1 heterocycles. The number of nitrogens with two attached hydrogens (primary N) is 1. The number of aryl methyl sites for hydroxylation is 2. The molecule has 0 saturated heterocycles. The number of hydrogen-bond donors (Lipinski definition) is 1. The second kappa shape index (κ2) is 4.74. The Morgan fingerprint density at radius 1 is 0.955 bits per heavy atom. The Morgan fingerprint density at radius 3 is 2.64 bits per heavy atom. The number of nitrogen functional groups attached to an aromatic ring is 1. The summed E-state index contributed by atoms with van der Waals surface area (Å²) in [7, 11) is -3.54. The van der Waals surface area contributed by atoms with Crippen LogP contribution in [-0.4, -0.2) is 15.0 Å². The van der Waals surface area contributed by atoms with E-state index in [4.69, 9.17) is 5.73 Å². The quantitative estimate of drug-likeness (QED) is 0.866. The third kappa shape index (κ3) is 1.92. The van der Waals surface area contributed by atoms with Gasteiger partial charge in [-0.3, -0.25) is 4.31 Å². The number of para-hydroxylation sites is 1. The lowest BCUT2D eigenvalue weighted by atomic mass is 10.1. The molecule has 0 fully saturated rings. The van der Waals surface area contributed by atoms with Crippen molar-refractivity contribution < 1.29 is 8.42 Å². The SMILES string of the molecule is Nc1cccc2c1N(S(=O)(=O)c1ccc3c(c1)CCC3)CC2. The third-order valence-electron chi connectivity index (χ3n) is 4.64. The van der Waals surface area contributed by atoms with E-state index in [0.29, 0.717) is 29.2 Å². The first-order chi connectivity index (χ1) is 10.6. The van der Waals surface area contributed by atoms with Crippen LogP contribution in [0.2, 0.25) is 0 Å². The molecular weight excluding hydrogens is 296 g/mol. The predicted molar refractivity (Wildman–Crippen MR) is 87.6 cm³/mol. The minimum atomic E-state index is -3.54. The highest BCUT2D eigenvalue weighted by Gasteiger charge is 2.32. The van der Waals surface area contributed by atoms with Crippen molar-refractivity contribution in [2.45, 2.75) is 30.6 Å². The second-order valence-corrected chi connectivity index (χ2v) is 7.83. The zero-order valence-electron chi connectivity index (χ0n) is 12.2. The van der Waals surface area contributed by atoms with Crippen LogP contribution in [0.4, 0.5) is 11.4 Å². The molecule has 1 aliphatic carbocycles. The minimum Gasteiger partial charge on any atom is -0.397 e. The van der Waals surface area contributed by atoms with Crippen LogP contribution in [-0.2, 0) is 29.3 Å². The summed E-state index contributed by atoms with van der Waals surface area (Å²) in [4.78, 5) is 0.379. The predicted octanol–water partition coefficient (Wildman–Crippen LogP) is 2.51. The number of benzene rings is 2. The minimum absolute atomic E-state index is 0.379. The maximum absolute atomic E-state index is 13.0. The largest absolute Gasteiger partial charge is 0.397 e. The van der Waals surface area contributed by atoms with Gasteiger partial charge in [0.15, 0.2) is 0 Å². The maximum Gasteiger partial charge on any atom is 0.264 e. The molecule has 2 aliphatic rings. The van der Waals surface area contributed by atoms with E-state index in [1.807, 2.05) is 24.3 Å². The summed E-state index contributed by atoms with van der Waals surface area (Å²) in [5.74, 6) is 0. The van der Waals surface area contributed by atoms with Gasteiger partial charge in [-0.2, -0.15) is 0 Å². The Hall–Kier alpha value is -2.01. The van der Waals surface area contributed by atoms with Crippen molar-refractivity contribution in [3.63, 3.8) is 0 Å². The topological polar surface area (TPSA) is 63.4 Å². The summed E-state index contributed by atoms with van der Waals surface area (Å²) in [5, 5.41) is 0. The van der Waals surface area contributed by atoms with Gasteiger partial charge in [-0.05, 0) is 60.6 Å². The van der Waals surface area contributed by atoms with Crippen LogP contribution in [0, 0.1) is 0 Å². The number of sulfonamides is 1. The van der Waals surface area contributed by atoms with E-state index in [0.717, 1.165) is 24.8 Å². The van der Waals surface area contributed by atoms with Gasteiger partial charge < -0.3 is 5.73 Å². The van der Waals surface area contributed by atoms with Crippen LogP contribution in [0.15, 0.2) is 41.3 Å². The van der Waals surface area contributed by atoms with Crippen molar-refractivity contribution in [2.24, 2.45) is 0 Å². The molecule has 1 aliphatic heterocycles. The first-order valence-corrected chi connectivity index (χ1v) is 9.03. The molecule has 0 unspecified atom stereocenters. The van der Waals surface area contributed by atoms with Gasteiger partial charge in [0.1, 0.15) is 0 Å². The molecule has 22 heavy (non-hydrogen) atoms. The number of nitrogens with zero attached hydrogens (tertiary/aromatic N) is 1. The molecule has 0 amide bonds. The van der Waals surface area contributed by atoms with Crippen molar-refractivity contribution in [1.29, 1.82) is 0 Å². The van der Waals surface area contributed by atoms with Crippen LogP contribution < -0.4 is 10.0 Å². The number of anilines is 2. The van der Waals surface area contributed by atoms with Gasteiger partial charge in [0, 0.05) is 6.54 Å². The van der Waals surface area contributed by atoms with Gasteiger partial charge >= 0.3 is 0 Å². The molecule has 0 bridgehead atoms. The fourth-order valence-corrected chi connectivity index (χ4v) is 5.11. The van der Waals surface area contributed by atoms with Crippen LogP contribution in [0.1, 0.15) is 23.1 Å². The van der Waals surface area contributed by atoms with Gasteiger partial charge in [-0.15, -0.1) is 0 Å². The summed E-state index contributed by atoms with van der Waals surface area (Å²) in [5.41, 5.74) is 10.7. The molecule has 114 valence electrons. The molecule has 4 rings (SSSR count). The highest BCUT2D eigenvalue weighted by molar-refractivity contribution is 7.92. The van der Waals surface area contributed by atoms with Gasteiger partial charge in [0.2, 0.25) is 0 Å². The lowest BCUT2D eigenvalue weighted by Gasteiger charge is -2.21. The van der Waals surface area contributed by atoms with E-state index in [1.165, 1.54) is 15.4 Å². The number of hydrogen-bond acceptors (Lipinski definition) is 3. The Bertz CT molecular complexity index is 859. The van der Waals surface area contributed by atoms with E-state index in [2.05, 4.69) is 0 Å². The fourth-order valence-electron chi connectivity index (χ4n) is 3.53. The smallest absolute Gasteiger partial charge is 0.264 e. The van der Waals surface area contributed by atoms with E-state index >= 15 is 0 Å². The summed E-state index contributed by atoms with van der Waals surface area (Å²) in [6.45, 7) is 0.461. The Kier molecular flexibility index (Phi) is 2.94. The van der Waals surface area contributed by atoms with Crippen LogP contribution in [0.25, 0.3) is 0 Å². The van der Waals surface area contributed by atoms with Gasteiger partial charge in [-0.25, -0.2) is 8.42 Å². The average Bonchev–Trinajstić information content (AvgIpc) is 3.13. The van der Waals surface area contributed by atoms with Crippen LogP contribution >= 0.6 is 0 Å². The lowest BCUT2D eigenvalue weighted by molar-refractivity contribution is 0.592. The van der Waals surface area contributed by atoms with Crippen molar-refractivity contribution in [3.05, 3.63) is 53.1 Å². The second-order valence-electron chi connectivity index (χ2n) is 5.97. The molecule has 2 N–H and O–H groups in total. The molecule has 4 nitrogen and oxygen atoms in total. The molecule has 0 aromatic heterocycles.